The first-order valence-electron chi connectivity index (χ1n) is 3.78. The maximum atomic E-state index is 8.57. The Labute approximate surface area is 80.7 Å². The first-order chi connectivity index (χ1) is 6.24. The van der Waals surface area contributed by atoms with Crippen LogP contribution in [0.1, 0.15) is 5.56 Å². The lowest BCUT2D eigenvalue weighted by Gasteiger charge is -2.00. The Hall–Kier alpha value is -1.07. The topological polar surface area (TPSA) is 83.0 Å². The van der Waals surface area contributed by atoms with E-state index in [1.54, 1.807) is 18.3 Å². The van der Waals surface area contributed by atoms with Gasteiger partial charge in [0.2, 0.25) is 0 Å². The van der Waals surface area contributed by atoms with Crippen molar-refractivity contribution in [2.24, 2.45) is 5.73 Å². The number of nitrogen functional groups attached to an aromatic ring is 1. The minimum atomic E-state index is 0.0196. The maximum absolute atomic E-state index is 8.57. The zero-order chi connectivity index (χ0) is 9.68. The summed E-state index contributed by atoms with van der Waals surface area (Å²) in [5, 5.41) is 16.5. The van der Waals surface area contributed by atoms with Crippen molar-refractivity contribution in [1.82, 2.24) is 4.98 Å². The molecule has 0 saturated heterocycles. The molecule has 1 aromatic rings. The largest absolute Gasteiger partial charge is 0.396 e. The Kier molecular flexibility index (Phi) is 3.72. The summed E-state index contributed by atoms with van der Waals surface area (Å²) < 4.78 is 0. The zero-order valence-electron chi connectivity index (χ0n) is 7.03. The van der Waals surface area contributed by atoms with Gasteiger partial charge in [0.05, 0.1) is 11.6 Å². The molecule has 0 aliphatic rings. The number of hydrogen-bond donors (Lipinski definition) is 3. The first kappa shape index (κ1) is 10.0. The number of pyridine rings is 1. The molecule has 0 bridgehead atoms. The normalized spacial score (nSPS) is 9.92. The van der Waals surface area contributed by atoms with Crippen LogP contribution in [-0.2, 0) is 0 Å². The van der Waals surface area contributed by atoms with Gasteiger partial charge in [0.1, 0.15) is 5.84 Å². The minimum Gasteiger partial charge on any atom is -0.396 e. The number of nitrogens with zero attached hydrogens (tertiary/aromatic N) is 1. The van der Waals surface area contributed by atoms with E-state index in [1.807, 2.05) is 0 Å². The highest BCUT2D eigenvalue weighted by Gasteiger charge is 1.98. The van der Waals surface area contributed by atoms with Gasteiger partial charge >= 0.3 is 0 Å². The zero-order valence-corrected chi connectivity index (χ0v) is 7.84. The Bertz CT molecular complexity index is 286. The third kappa shape index (κ3) is 3.04. The van der Waals surface area contributed by atoms with Crippen molar-refractivity contribution in [2.45, 2.75) is 5.03 Å². The predicted octanol–water partition coefficient (Wildman–Crippen LogP) is 0.450. The van der Waals surface area contributed by atoms with Gasteiger partial charge in [-0.1, -0.05) is 0 Å². The van der Waals surface area contributed by atoms with Crippen LogP contribution in [0.4, 0.5) is 0 Å². The quantitative estimate of drug-likeness (QED) is 0.372. The van der Waals surface area contributed by atoms with Gasteiger partial charge < -0.3 is 10.8 Å². The first-order valence-corrected chi connectivity index (χ1v) is 4.76. The summed E-state index contributed by atoms with van der Waals surface area (Å²) in [5.41, 5.74) is 5.88. The van der Waals surface area contributed by atoms with E-state index in [2.05, 4.69) is 4.98 Å². The second-order valence-corrected chi connectivity index (χ2v) is 3.49. The minimum absolute atomic E-state index is 0.0196. The summed E-state index contributed by atoms with van der Waals surface area (Å²) in [6.07, 6.45) is 1.56. The highest BCUT2D eigenvalue weighted by molar-refractivity contribution is 7.99. The van der Waals surface area contributed by atoms with Crippen LogP contribution in [0.3, 0.4) is 0 Å². The summed E-state index contributed by atoms with van der Waals surface area (Å²) in [7, 11) is 0. The average Bonchev–Trinajstić information content (AvgIpc) is 2.15. The fourth-order valence-electron chi connectivity index (χ4n) is 0.775. The number of aliphatic hydroxyl groups excluding tert-OH is 1. The lowest BCUT2D eigenvalue weighted by Crippen LogP contribution is -2.11. The van der Waals surface area contributed by atoms with Crippen molar-refractivity contribution in [3.8, 4) is 0 Å². The summed E-state index contributed by atoms with van der Waals surface area (Å²) >= 11 is 1.47. The Morgan fingerprint density at radius 3 is 2.85 bits per heavy atom. The molecule has 0 radical (unpaired) electrons. The summed E-state index contributed by atoms with van der Waals surface area (Å²) in [6.45, 7) is 0.140. The van der Waals surface area contributed by atoms with Gasteiger partial charge in [-0.15, -0.1) is 11.8 Å². The Morgan fingerprint density at radius 2 is 2.38 bits per heavy atom. The molecule has 4 N–H and O–H groups in total. The second kappa shape index (κ2) is 4.84. The van der Waals surface area contributed by atoms with E-state index >= 15 is 0 Å². The molecular weight excluding hydrogens is 186 g/mol. The van der Waals surface area contributed by atoms with Gasteiger partial charge in [0.25, 0.3) is 0 Å². The number of nitrogens with one attached hydrogen (secondary N) is 1. The van der Waals surface area contributed by atoms with Gasteiger partial charge in [-0.05, 0) is 12.1 Å². The Morgan fingerprint density at radius 1 is 1.62 bits per heavy atom. The number of rotatable bonds is 4. The fourth-order valence-corrected chi connectivity index (χ4v) is 1.37. The van der Waals surface area contributed by atoms with Crippen molar-refractivity contribution in [1.29, 1.82) is 5.41 Å². The van der Waals surface area contributed by atoms with Crippen molar-refractivity contribution in [3.63, 3.8) is 0 Å². The number of nitrogens with two attached hydrogens (primary N) is 1. The SMILES string of the molecule is N=C(N)c1ccc(SCCO)nc1. The molecule has 0 aliphatic heterocycles. The summed E-state index contributed by atoms with van der Waals surface area (Å²) in [6, 6.07) is 3.53. The predicted molar refractivity (Wildman–Crippen MR) is 53.1 cm³/mol. The molecule has 70 valence electrons. The Balaban J connectivity index is 2.64. The van der Waals surface area contributed by atoms with Crippen LogP contribution in [-0.4, -0.2) is 28.3 Å². The molecule has 0 aliphatic carbocycles. The second-order valence-electron chi connectivity index (χ2n) is 2.37. The molecule has 1 rings (SSSR count). The third-order valence-electron chi connectivity index (χ3n) is 1.39. The molecule has 1 heterocycles. The molecule has 13 heavy (non-hydrogen) atoms. The average molecular weight is 197 g/mol. The molecule has 0 atom stereocenters. The van der Waals surface area contributed by atoms with E-state index < -0.39 is 0 Å². The molecule has 4 nitrogen and oxygen atoms in total. The van der Waals surface area contributed by atoms with Gasteiger partial charge in [-0.2, -0.15) is 0 Å². The molecule has 5 heteroatoms. The molecular formula is C8H11N3OS. The van der Waals surface area contributed by atoms with Crippen LogP contribution in [0.15, 0.2) is 23.4 Å². The number of aromatic nitrogens is 1. The molecule has 0 fully saturated rings. The number of amidine groups is 1. The lowest BCUT2D eigenvalue weighted by atomic mass is 10.3. The van der Waals surface area contributed by atoms with E-state index in [1.165, 1.54) is 11.8 Å². The number of thioether (sulfide) groups is 1. The molecule has 0 spiro atoms. The smallest absolute Gasteiger partial charge is 0.124 e. The molecule has 0 saturated carbocycles. The molecule has 0 amide bonds. The van der Waals surface area contributed by atoms with Gasteiger partial charge in [-0.3, -0.25) is 5.41 Å². The monoisotopic (exact) mass is 197 g/mol. The lowest BCUT2D eigenvalue weighted by molar-refractivity contribution is 0.322. The highest BCUT2D eigenvalue weighted by Crippen LogP contribution is 2.13. The third-order valence-corrected chi connectivity index (χ3v) is 2.31. The molecule has 0 unspecified atom stereocenters. The van der Waals surface area contributed by atoms with Crippen LogP contribution in [0.2, 0.25) is 0 Å². The van der Waals surface area contributed by atoms with E-state index in [9.17, 15) is 0 Å². The number of hydrogen-bond acceptors (Lipinski definition) is 4. The molecule has 0 aromatic carbocycles. The van der Waals surface area contributed by atoms with E-state index in [0.29, 0.717) is 11.3 Å². The van der Waals surface area contributed by atoms with Gasteiger partial charge in [0, 0.05) is 17.5 Å². The standard InChI is InChI=1S/C8H11N3OS/c9-8(10)6-1-2-7(11-5-6)13-4-3-12/h1-2,5,12H,3-4H2,(H3,9,10). The van der Waals surface area contributed by atoms with E-state index in [-0.39, 0.29) is 12.4 Å². The van der Waals surface area contributed by atoms with Gasteiger partial charge in [0.15, 0.2) is 0 Å². The van der Waals surface area contributed by atoms with Crippen LogP contribution >= 0.6 is 11.8 Å². The van der Waals surface area contributed by atoms with Gasteiger partial charge in [-0.25, -0.2) is 4.98 Å². The summed E-state index contributed by atoms with van der Waals surface area (Å²) in [4.78, 5) is 4.07. The van der Waals surface area contributed by atoms with Crippen molar-refractivity contribution in [3.05, 3.63) is 23.9 Å². The van der Waals surface area contributed by atoms with E-state index in [4.69, 9.17) is 16.2 Å². The van der Waals surface area contributed by atoms with Crippen LogP contribution in [0.25, 0.3) is 0 Å². The van der Waals surface area contributed by atoms with Crippen molar-refractivity contribution >= 4 is 17.6 Å². The van der Waals surface area contributed by atoms with Crippen LogP contribution in [0, 0.1) is 5.41 Å². The number of aliphatic hydroxyl groups is 1. The fraction of sp³-hybridized carbons (Fsp3) is 0.250. The van der Waals surface area contributed by atoms with Crippen LogP contribution in [0.5, 0.6) is 0 Å². The van der Waals surface area contributed by atoms with Crippen molar-refractivity contribution in [2.75, 3.05) is 12.4 Å². The summed E-state index contributed by atoms with van der Waals surface area (Å²) in [5.74, 6) is 0.651. The highest BCUT2D eigenvalue weighted by atomic mass is 32.2. The van der Waals surface area contributed by atoms with Crippen molar-refractivity contribution < 1.29 is 5.11 Å². The van der Waals surface area contributed by atoms with E-state index in [0.717, 1.165) is 5.03 Å². The van der Waals surface area contributed by atoms with Crippen LogP contribution < -0.4 is 5.73 Å². The molecule has 1 aromatic heterocycles. The maximum Gasteiger partial charge on any atom is 0.124 e.